The first kappa shape index (κ1) is 17.9. The lowest BCUT2D eigenvalue weighted by Crippen LogP contribution is -2.42. The third-order valence-corrected chi connectivity index (χ3v) is 3.35. The summed E-state index contributed by atoms with van der Waals surface area (Å²) in [5.74, 6) is -0.233. The predicted molar refractivity (Wildman–Crippen MR) is 92.5 cm³/mol. The minimum Gasteiger partial charge on any atom is -0.465 e. The van der Waals surface area contributed by atoms with Crippen molar-refractivity contribution in [2.45, 2.75) is 19.4 Å². The molecule has 22 heavy (non-hydrogen) atoms. The van der Waals surface area contributed by atoms with Crippen molar-refractivity contribution in [3.8, 4) is 0 Å². The molecule has 1 rings (SSSR count). The van der Waals surface area contributed by atoms with E-state index in [-0.39, 0.29) is 12.0 Å². The molecule has 0 aliphatic heterocycles. The van der Waals surface area contributed by atoms with E-state index in [2.05, 4.69) is 19.7 Å². The second-order valence-electron chi connectivity index (χ2n) is 4.97. The Kier molecular flexibility index (Phi) is 7.94. The van der Waals surface area contributed by atoms with E-state index in [0.717, 1.165) is 11.1 Å². The Morgan fingerprint density at radius 3 is 2.32 bits per heavy atom. The van der Waals surface area contributed by atoms with Crippen molar-refractivity contribution in [1.29, 1.82) is 0 Å². The summed E-state index contributed by atoms with van der Waals surface area (Å²) in [5, 5.41) is 0. The number of ether oxygens (including phenoxy) is 1. The van der Waals surface area contributed by atoms with Gasteiger partial charge in [-0.1, -0.05) is 49.1 Å². The summed E-state index contributed by atoms with van der Waals surface area (Å²) in [6, 6.07) is 9.49. The first-order valence-electron chi connectivity index (χ1n) is 7.49. The van der Waals surface area contributed by atoms with Crippen LogP contribution in [0, 0.1) is 0 Å². The molecule has 0 fully saturated rings. The van der Waals surface area contributed by atoms with E-state index < -0.39 is 0 Å². The molecule has 3 nitrogen and oxygen atoms in total. The number of carbonyl (C=O) groups excluding carboxylic acids is 1. The van der Waals surface area contributed by atoms with Crippen LogP contribution in [0.3, 0.4) is 0 Å². The highest BCUT2D eigenvalue weighted by Gasteiger charge is 2.26. The third kappa shape index (κ3) is 5.34. The normalized spacial score (nSPS) is 11.7. The van der Waals surface area contributed by atoms with E-state index in [1.165, 1.54) is 0 Å². The first-order chi connectivity index (χ1) is 10.6. The van der Waals surface area contributed by atoms with Crippen LogP contribution < -0.4 is 0 Å². The molecule has 1 aromatic rings. The third-order valence-electron chi connectivity index (χ3n) is 3.35. The summed E-state index contributed by atoms with van der Waals surface area (Å²) >= 11 is 0. The highest BCUT2D eigenvalue weighted by atomic mass is 16.5. The lowest BCUT2D eigenvalue weighted by Gasteiger charge is -2.28. The largest absolute Gasteiger partial charge is 0.465 e. The Bertz CT molecular complexity index is 497. The van der Waals surface area contributed by atoms with E-state index in [0.29, 0.717) is 26.1 Å². The van der Waals surface area contributed by atoms with Gasteiger partial charge in [-0.15, -0.1) is 13.2 Å². The van der Waals surface area contributed by atoms with Crippen molar-refractivity contribution in [2.24, 2.45) is 0 Å². The molecule has 0 aliphatic rings. The summed E-state index contributed by atoms with van der Waals surface area (Å²) in [4.78, 5) is 14.3. The SMILES string of the molecule is C=CCN(CC=C)C(CC(=C)c1ccccc1)C(=O)OCC. The van der Waals surface area contributed by atoms with E-state index in [4.69, 9.17) is 4.74 Å². The Morgan fingerprint density at radius 2 is 1.82 bits per heavy atom. The standard InChI is InChI=1S/C19H25NO2/c1-5-13-20(14-6-2)18(19(21)22-7-3)15-16(4)17-11-9-8-10-12-17/h5-6,8-12,18H,1-2,4,7,13-15H2,3H3. The van der Waals surface area contributed by atoms with Gasteiger partial charge in [-0.3, -0.25) is 9.69 Å². The fourth-order valence-corrected chi connectivity index (χ4v) is 2.29. The minimum atomic E-state index is -0.386. The number of benzene rings is 1. The van der Waals surface area contributed by atoms with Gasteiger partial charge in [0.05, 0.1) is 6.61 Å². The fraction of sp³-hybridized carbons (Fsp3) is 0.316. The predicted octanol–water partition coefficient (Wildman–Crippen LogP) is 3.70. The molecule has 0 heterocycles. The van der Waals surface area contributed by atoms with Crippen LogP contribution in [-0.4, -0.2) is 36.6 Å². The lowest BCUT2D eigenvalue weighted by molar-refractivity contribution is -0.149. The monoisotopic (exact) mass is 299 g/mol. The van der Waals surface area contributed by atoms with Gasteiger partial charge in [-0.2, -0.15) is 0 Å². The molecule has 1 aromatic carbocycles. The quantitative estimate of drug-likeness (QED) is 0.487. The van der Waals surface area contributed by atoms with Crippen LogP contribution in [0.4, 0.5) is 0 Å². The van der Waals surface area contributed by atoms with E-state index >= 15 is 0 Å². The molecule has 0 radical (unpaired) electrons. The van der Waals surface area contributed by atoms with Crippen LogP contribution >= 0.6 is 0 Å². The van der Waals surface area contributed by atoms with Gasteiger partial charge in [-0.05, 0) is 24.5 Å². The number of hydrogen-bond acceptors (Lipinski definition) is 3. The summed E-state index contributed by atoms with van der Waals surface area (Å²) in [6.07, 6.45) is 4.08. The molecule has 0 saturated carbocycles. The van der Waals surface area contributed by atoms with Crippen LogP contribution in [0.2, 0.25) is 0 Å². The molecule has 0 spiro atoms. The molecular formula is C19H25NO2. The maximum atomic E-state index is 12.3. The van der Waals surface area contributed by atoms with Crippen molar-refractivity contribution >= 4 is 11.5 Å². The zero-order valence-corrected chi connectivity index (χ0v) is 13.3. The van der Waals surface area contributed by atoms with Crippen LogP contribution in [0.25, 0.3) is 5.57 Å². The zero-order valence-electron chi connectivity index (χ0n) is 13.3. The summed E-state index contributed by atoms with van der Waals surface area (Å²) < 4.78 is 5.22. The van der Waals surface area contributed by atoms with Gasteiger partial charge >= 0.3 is 5.97 Å². The molecule has 0 N–H and O–H groups in total. The number of carbonyl (C=O) groups is 1. The lowest BCUT2D eigenvalue weighted by atomic mass is 9.99. The molecular weight excluding hydrogens is 274 g/mol. The molecule has 0 aliphatic carbocycles. The fourth-order valence-electron chi connectivity index (χ4n) is 2.29. The summed E-state index contributed by atoms with van der Waals surface area (Å²) in [6.45, 7) is 15.0. The number of rotatable bonds is 10. The van der Waals surface area contributed by atoms with Crippen LogP contribution in [0.5, 0.6) is 0 Å². The van der Waals surface area contributed by atoms with E-state index in [1.54, 1.807) is 12.2 Å². The van der Waals surface area contributed by atoms with Crippen molar-refractivity contribution in [1.82, 2.24) is 4.90 Å². The average molecular weight is 299 g/mol. The van der Waals surface area contributed by atoms with Gasteiger partial charge in [0.25, 0.3) is 0 Å². The Morgan fingerprint density at radius 1 is 1.23 bits per heavy atom. The molecule has 1 unspecified atom stereocenters. The highest BCUT2D eigenvalue weighted by molar-refractivity contribution is 5.79. The van der Waals surface area contributed by atoms with Gasteiger partial charge in [0.15, 0.2) is 0 Å². The number of hydrogen-bond donors (Lipinski definition) is 0. The van der Waals surface area contributed by atoms with Crippen molar-refractivity contribution in [3.63, 3.8) is 0 Å². The van der Waals surface area contributed by atoms with E-state index in [9.17, 15) is 4.79 Å². The molecule has 0 aromatic heterocycles. The van der Waals surface area contributed by atoms with Gasteiger partial charge in [-0.25, -0.2) is 0 Å². The van der Waals surface area contributed by atoms with Gasteiger partial charge in [0.2, 0.25) is 0 Å². The molecule has 118 valence electrons. The Labute approximate surface area is 133 Å². The molecule has 0 bridgehead atoms. The summed E-state index contributed by atoms with van der Waals surface area (Å²) in [7, 11) is 0. The molecule has 0 amide bonds. The van der Waals surface area contributed by atoms with Gasteiger partial charge in [0, 0.05) is 13.1 Å². The molecule has 3 heteroatoms. The minimum absolute atomic E-state index is 0.233. The molecule has 1 atom stereocenters. The molecule has 0 saturated heterocycles. The first-order valence-corrected chi connectivity index (χ1v) is 7.49. The van der Waals surface area contributed by atoms with Gasteiger partial charge in [0.1, 0.15) is 6.04 Å². The Hall–Kier alpha value is -2.13. The van der Waals surface area contributed by atoms with Crippen molar-refractivity contribution in [3.05, 3.63) is 67.8 Å². The van der Waals surface area contributed by atoms with Crippen LogP contribution in [-0.2, 0) is 9.53 Å². The number of esters is 1. The number of nitrogens with zero attached hydrogens (tertiary/aromatic N) is 1. The summed E-state index contributed by atoms with van der Waals surface area (Å²) in [5.41, 5.74) is 1.95. The highest BCUT2D eigenvalue weighted by Crippen LogP contribution is 2.21. The van der Waals surface area contributed by atoms with Crippen molar-refractivity contribution < 1.29 is 9.53 Å². The second kappa shape index (κ2) is 9.74. The zero-order chi connectivity index (χ0) is 16.4. The topological polar surface area (TPSA) is 29.5 Å². The maximum absolute atomic E-state index is 12.3. The van der Waals surface area contributed by atoms with Gasteiger partial charge < -0.3 is 4.74 Å². The van der Waals surface area contributed by atoms with Crippen molar-refractivity contribution in [2.75, 3.05) is 19.7 Å². The van der Waals surface area contributed by atoms with Crippen LogP contribution in [0.15, 0.2) is 62.2 Å². The second-order valence-corrected chi connectivity index (χ2v) is 4.97. The smallest absolute Gasteiger partial charge is 0.323 e. The average Bonchev–Trinajstić information content (AvgIpc) is 2.53. The Balaban J connectivity index is 2.93. The van der Waals surface area contributed by atoms with Crippen LogP contribution in [0.1, 0.15) is 18.9 Å². The maximum Gasteiger partial charge on any atom is 0.323 e. The van der Waals surface area contributed by atoms with E-state index in [1.807, 2.05) is 42.2 Å².